The van der Waals surface area contributed by atoms with E-state index >= 15 is 0 Å². The number of rotatable bonds is 7. The minimum atomic E-state index is -0.401. The van der Waals surface area contributed by atoms with Crippen LogP contribution in [-0.4, -0.2) is 24.5 Å². The van der Waals surface area contributed by atoms with Crippen LogP contribution in [0.2, 0.25) is 0 Å². The number of nitrogens with zero attached hydrogens (tertiary/aromatic N) is 1. The normalized spacial score (nSPS) is 13.1. The van der Waals surface area contributed by atoms with Gasteiger partial charge in [-0.05, 0) is 18.1 Å². The maximum atomic E-state index is 11.9. The first-order valence-corrected chi connectivity index (χ1v) is 7.81. The molecule has 0 unspecified atom stereocenters. The standard InChI is InChI=1S/C19H21NO4/c1-14-8-10-16(11-9-14)18(13-20(22)23)17(12-19(21)24-2)15-6-4-3-5-7-15/h3-11,17-18H,12-13H2,1-2H3/t17-,18+/m0/s1. The lowest BCUT2D eigenvalue weighted by molar-refractivity contribution is -0.484. The molecule has 0 aliphatic heterocycles. The number of aryl methyl sites for hydroxylation is 1. The van der Waals surface area contributed by atoms with Crippen LogP contribution in [0.25, 0.3) is 0 Å². The lowest BCUT2D eigenvalue weighted by Gasteiger charge is -2.24. The Morgan fingerprint density at radius 1 is 1.04 bits per heavy atom. The summed E-state index contributed by atoms with van der Waals surface area (Å²) in [6, 6.07) is 17.1. The largest absolute Gasteiger partial charge is 0.469 e. The molecule has 5 nitrogen and oxygen atoms in total. The third-order valence-corrected chi connectivity index (χ3v) is 4.18. The van der Waals surface area contributed by atoms with Gasteiger partial charge in [-0.3, -0.25) is 14.9 Å². The van der Waals surface area contributed by atoms with Crippen molar-refractivity contribution in [1.82, 2.24) is 0 Å². The van der Waals surface area contributed by atoms with Gasteiger partial charge in [-0.25, -0.2) is 0 Å². The van der Waals surface area contributed by atoms with Crippen LogP contribution in [0.5, 0.6) is 0 Å². The molecule has 2 aromatic rings. The van der Waals surface area contributed by atoms with Crippen molar-refractivity contribution in [3.05, 3.63) is 81.4 Å². The fraction of sp³-hybridized carbons (Fsp3) is 0.316. The average Bonchev–Trinajstić information content (AvgIpc) is 2.59. The van der Waals surface area contributed by atoms with Gasteiger partial charge in [0.25, 0.3) is 0 Å². The lowest BCUT2D eigenvalue weighted by Crippen LogP contribution is -2.23. The van der Waals surface area contributed by atoms with Crippen LogP contribution < -0.4 is 0 Å². The molecular weight excluding hydrogens is 306 g/mol. The van der Waals surface area contributed by atoms with Gasteiger partial charge in [0.2, 0.25) is 6.54 Å². The topological polar surface area (TPSA) is 69.4 Å². The highest BCUT2D eigenvalue weighted by molar-refractivity contribution is 5.70. The molecule has 0 radical (unpaired) electrons. The molecule has 2 atom stereocenters. The molecule has 0 heterocycles. The van der Waals surface area contributed by atoms with Crippen molar-refractivity contribution in [1.29, 1.82) is 0 Å². The van der Waals surface area contributed by atoms with E-state index in [-0.39, 0.29) is 29.8 Å². The van der Waals surface area contributed by atoms with E-state index in [4.69, 9.17) is 4.74 Å². The van der Waals surface area contributed by atoms with Crippen molar-refractivity contribution in [3.63, 3.8) is 0 Å². The van der Waals surface area contributed by atoms with Gasteiger partial charge in [-0.15, -0.1) is 0 Å². The van der Waals surface area contributed by atoms with Crippen molar-refractivity contribution in [2.75, 3.05) is 13.7 Å². The molecule has 5 heteroatoms. The van der Waals surface area contributed by atoms with E-state index in [1.54, 1.807) is 0 Å². The zero-order valence-corrected chi connectivity index (χ0v) is 13.8. The second kappa shape index (κ2) is 8.24. The van der Waals surface area contributed by atoms with Crippen LogP contribution in [0.3, 0.4) is 0 Å². The molecule has 2 rings (SSSR count). The smallest absolute Gasteiger partial charge is 0.306 e. The van der Waals surface area contributed by atoms with Crippen LogP contribution in [0.4, 0.5) is 0 Å². The monoisotopic (exact) mass is 327 g/mol. The van der Waals surface area contributed by atoms with E-state index in [1.165, 1.54) is 7.11 Å². The summed E-state index contributed by atoms with van der Waals surface area (Å²) in [4.78, 5) is 22.8. The first kappa shape index (κ1) is 17.7. The number of hydrogen-bond acceptors (Lipinski definition) is 4. The Balaban J connectivity index is 2.44. The Morgan fingerprint density at radius 3 is 2.17 bits per heavy atom. The van der Waals surface area contributed by atoms with Crippen LogP contribution >= 0.6 is 0 Å². The summed E-state index contributed by atoms with van der Waals surface area (Å²) in [6.07, 6.45) is 0.104. The zero-order valence-electron chi connectivity index (χ0n) is 13.8. The molecule has 0 saturated carbocycles. The summed E-state index contributed by atoms with van der Waals surface area (Å²) in [5, 5.41) is 11.2. The minimum absolute atomic E-state index is 0.104. The van der Waals surface area contributed by atoms with Crippen LogP contribution in [0.1, 0.15) is 34.9 Å². The Hall–Kier alpha value is -2.69. The third kappa shape index (κ3) is 4.65. The van der Waals surface area contributed by atoms with Crippen molar-refractivity contribution < 1.29 is 14.5 Å². The molecule has 0 aliphatic rings. The molecule has 2 aromatic carbocycles. The molecule has 0 fully saturated rings. The summed E-state index contributed by atoms with van der Waals surface area (Å²) in [5.74, 6) is -1.09. The van der Waals surface area contributed by atoms with Gasteiger partial charge < -0.3 is 4.74 Å². The summed E-state index contributed by atoms with van der Waals surface area (Å²) in [6.45, 7) is 1.73. The maximum absolute atomic E-state index is 11.9. The second-order valence-corrected chi connectivity index (χ2v) is 5.83. The Labute approximate surface area is 141 Å². The van der Waals surface area contributed by atoms with Crippen molar-refractivity contribution in [3.8, 4) is 0 Å². The number of benzene rings is 2. The molecular formula is C19H21NO4. The fourth-order valence-corrected chi connectivity index (χ4v) is 2.89. The molecule has 126 valence electrons. The van der Waals surface area contributed by atoms with Crippen LogP contribution in [-0.2, 0) is 9.53 Å². The van der Waals surface area contributed by atoms with Gasteiger partial charge in [-0.2, -0.15) is 0 Å². The quantitative estimate of drug-likeness (QED) is 0.442. The van der Waals surface area contributed by atoms with E-state index < -0.39 is 5.92 Å². The first-order chi connectivity index (χ1) is 11.5. The van der Waals surface area contributed by atoms with Gasteiger partial charge in [0.1, 0.15) is 0 Å². The molecule has 0 N–H and O–H groups in total. The number of ether oxygens (including phenoxy) is 1. The van der Waals surface area contributed by atoms with Crippen LogP contribution in [0.15, 0.2) is 54.6 Å². The summed E-state index contributed by atoms with van der Waals surface area (Å²) in [7, 11) is 1.33. The van der Waals surface area contributed by atoms with Crippen molar-refractivity contribution in [2.45, 2.75) is 25.2 Å². The summed E-state index contributed by atoms with van der Waals surface area (Å²) < 4.78 is 4.80. The van der Waals surface area contributed by atoms with E-state index in [2.05, 4.69) is 0 Å². The molecule has 24 heavy (non-hydrogen) atoms. The predicted octanol–water partition coefficient (Wildman–Crippen LogP) is 3.70. The predicted molar refractivity (Wildman–Crippen MR) is 91.6 cm³/mol. The van der Waals surface area contributed by atoms with Gasteiger partial charge in [-0.1, -0.05) is 60.2 Å². The molecule has 0 bridgehead atoms. The van der Waals surface area contributed by atoms with Gasteiger partial charge in [0.05, 0.1) is 19.4 Å². The number of hydrogen-bond donors (Lipinski definition) is 0. The number of esters is 1. The highest BCUT2D eigenvalue weighted by atomic mass is 16.6. The second-order valence-electron chi connectivity index (χ2n) is 5.83. The number of nitro groups is 1. The van der Waals surface area contributed by atoms with Crippen LogP contribution in [0, 0.1) is 17.0 Å². The van der Waals surface area contributed by atoms with Gasteiger partial charge in [0.15, 0.2) is 0 Å². The zero-order chi connectivity index (χ0) is 17.5. The Bertz CT molecular complexity index is 682. The summed E-state index contributed by atoms with van der Waals surface area (Å²) in [5.41, 5.74) is 2.84. The SMILES string of the molecule is COC(=O)C[C@@H](c1ccccc1)[C@H](C[N+](=O)[O-])c1ccc(C)cc1. The fourth-order valence-electron chi connectivity index (χ4n) is 2.89. The van der Waals surface area contributed by atoms with Gasteiger partial charge >= 0.3 is 5.97 Å². The van der Waals surface area contributed by atoms with E-state index in [0.717, 1.165) is 16.7 Å². The average molecular weight is 327 g/mol. The first-order valence-electron chi connectivity index (χ1n) is 7.81. The van der Waals surface area contributed by atoms with Crippen molar-refractivity contribution in [2.24, 2.45) is 0 Å². The molecule has 0 saturated heterocycles. The van der Waals surface area contributed by atoms with E-state index in [1.807, 2.05) is 61.5 Å². The summed E-state index contributed by atoms with van der Waals surface area (Å²) >= 11 is 0. The molecule has 0 amide bonds. The Morgan fingerprint density at radius 2 is 1.62 bits per heavy atom. The highest BCUT2D eigenvalue weighted by Crippen LogP contribution is 2.36. The number of carbonyl (C=O) groups is 1. The molecule has 0 aliphatic carbocycles. The van der Waals surface area contributed by atoms with E-state index in [9.17, 15) is 14.9 Å². The minimum Gasteiger partial charge on any atom is -0.469 e. The van der Waals surface area contributed by atoms with E-state index in [0.29, 0.717) is 0 Å². The maximum Gasteiger partial charge on any atom is 0.306 e. The van der Waals surface area contributed by atoms with Gasteiger partial charge in [0, 0.05) is 10.8 Å². The lowest BCUT2D eigenvalue weighted by atomic mass is 9.79. The number of carbonyl (C=O) groups excluding carboxylic acids is 1. The Kier molecular flexibility index (Phi) is 6.07. The highest BCUT2D eigenvalue weighted by Gasteiger charge is 2.31. The molecule has 0 spiro atoms. The van der Waals surface area contributed by atoms with Crippen molar-refractivity contribution >= 4 is 5.97 Å². The third-order valence-electron chi connectivity index (χ3n) is 4.18. The molecule has 0 aromatic heterocycles. The number of methoxy groups -OCH3 is 1.